The maximum atomic E-state index is 12.1. The fraction of sp³-hybridized carbons (Fsp3) is 0.421. The van der Waals surface area contributed by atoms with Gasteiger partial charge in [-0.1, -0.05) is 6.07 Å². The van der Waals surface area contributed by atoms with Gasteiger partial charge < -0.3 is 19.4 Å². The van der Waals surface area contributed by atoms with Crippen molar-refractivity contribution < 1.29 is 14.3 Å². The van der Waals surface area contributed by atoms with Crippen LogP contribution in [0.4, 0.5) is 0 Å². The third-order valence-corrected chi connectivity index (χ3v) is 4.44. The number of benzene rings is 1. The highest BCUT2D eigenvalue weighted by Gasteiger charge is 2.09. The number of ether oxygens (including phenoxy) is 2. The highest BCUT2D eigenvalue weighted by molar-refractivity contribution is 5.76. The van der Waals surface area contributed by atoms with Crippen LogP contribution < -0.4 is 14.8 Å². The van der Waals surface area contributed by atoms with Crippen LogP contribution in [-0.4, -0.2) is 24.7 Å². The molecule has 0 atom stereocenters. The molecular formula is C19H26N2O3. The minimum Gasteiger partial charge on any atom is -0.493 e. The number of aryl methyl sites for hydroxylation is 2. The number of aromatic nitrogens is 1. The van der Waals surface area contributed by atoms with Crippen molar-refractivity contribution in [2.45, 2.75) is 33.2 Å². The Kier molecular flexibility index (Phi) is 5.90. The van der Waals surface area contributed by atoms with E-state index in [0.29, 0.717) is 30.9 Å². The molecule has 1 aromatic carbocycles. The summed E-state index contributed by atoms with van der Waals surface area (Å²) in [4.78, 5) is 12.1. The Morgan fingerprint density at radius 3 is 2.42 bits per heavy atom. The van der Waals surface area contributed by atoms with Gasteiger partial charge in [-0.15, -0.1) is 0 Å². The van der Waals surface area contributed by atoms with E-state index < -0.39 is 0 Å². The van der Waals surface area contributed by atoms with Gasteiger partial charge in [0.15, 0.2) is 11.5 Å². The lowest BCUT2D eigenvalue weighted by Gasteiger charge is -2.10. The average Bonchev–Trinajstić information content (AvgIpc) is 2.84. The molecule has 24 heavy (non-hydrogen) atoms. The maximum absolute atomic E-state index is 12.1. The molecule has 0 fully saturated rings. The highest BCUT2D eigenvalue weighted by atomic mass is 16.5. The summed E-state index contributed by atoms with van der Waals surface area (Å²) in [6, 6.07) is 7.85. The second kappa shape index (κ2) is 7.90. The molecule has 1 heterocycles. The first kappa shape index (κ1) is 17.9. The number of carbonyl (C=O) groups excluding carboxylic acids is 1. The van der Waals surface area contributed by atoms with Crippen LogP contribution in [0.15, 0.2) is 24.3 Å². The second-order valence-electron chi connectivity index (χ2n) is 5.92. The van der Waals surface area contributed by atoms with Gasteiger partial charge in [-0.05, 0) is 49.6 Å². The van der Waals surface area contributed by atoms with Crippen LogP contribution in [0.2, 0.25) is 0 Å². The van der Waals surface area contributed by atoms with E-state index in [1.54, 1.807) is 14.2 Å². The van der Waals surface area contributed by atoms with Crippen molar-refractivity contribution in [1.82, 2.24) is 9.88 Å². The third-order valence-electron chi connectivity index (χ3n) is 4.44. The topological polar surface area (TPSA) is 52.5 Å². The zero-order valence-electron chi connectivity index (χ0n) is 15.1. The van der Waals surface area contributed by atoms with Gasteiger partial charge in [-0.2, -0.15) is 0 Å². The van der Waals surface area contributed by atoms with Crippen molar-refractivity contribution in [3.8, 4) is 11.5 Å². The minimum absolute atomic E-state index is 0.0469. The van der Waals surface area contributed by atoms with Crippen molar-refractivity contribution in [2.75, 3.05) is 14.2 Å². The number of carbonyl (C=O) groups is 1. The Labute approximate surface area is 143 Å². The van der Waals surface area contributed by atoms with Crippen LogP contribution >= 0.6 is 0 Å². The first-order valence-electron chi connectivity index (χ1n) is 8.05. The predicted octanol–water partition coefficient (Wildman–Crippen LogP) is 2.91. The highest BCUT2D eigenvalue weighted by Crippen LogP contribution is 2.27. The summed E-state index contributed by atoms with van der Waals surface area (Å²) in [5.74, 6) is 1.43. The standard InChI is InChI=1S/C19H26N2O3/c1-13-10-16(14(2)21(13)3)12-20-19(22)9-7-15-6-8-17(23-4)18(11-15)24-5/h6,8,10-11H,7,9,12H2,1-5H3,(H,20,22). The van der Waals surface area contributed by atoms with Gasteiger partial charge in [-0.25, -0.2) is 0 Å². The lowest BCUT2D eigenvalue weighted by Crippen LogP contribution is -2.23. The molecule has 0 saturated carbocycles. The van der Waals surface area contributed by atoms with E-state index in [-0.39, 0.29) is 5.91 Å². The minimum atomic E-state index is 0.0469. The van der Waals surface area contributed by atoms with E-state index >= 15 is 0 Å². The number of rotatable bonds is 7. The van der Waals surface area contributed by atoms with Gasteiger partial charge in [0.1, 0.15) is 0 Å². The molecule has 130 valence electrons. The number of methoxy groups -OCH3 is 2. The Morgan fingerprint density at radius 1 is 1.12 bits per heavy atom. The Hall–Kier alpha value is -2.43. The van der Waals surface area contributed by atoms with Gasteiger partial charge in [0.2, 0.25) is 5.91 Å². The quantitative estimate of drug-likeness (QED) is 0.849. The summed E-state index contributed by atoms with van der Waals surface area (Å²) in [6.45, 7) is 4.70. The zero-order valence-corrected chi connectivity index (χ0v) is 15.1. The van der Waals surface area contributed by atoms with Crippen molar-refractivity contribution in [3.05, 3.63) is 46.8 Å². The van der Waals surface area contributed by atoms with Crippen molar-refractivity contribution >= 4 is 5.91 Å². The number of hydrogen-bond donors (Lipinski definition) is 1. The first-order valence-corrected chi connectivity index (χ1v) is 8.05. The number of hydrogen-bond acceptors (Lipinski definition) is 3. The lowest BCUT2D eigenvalue weighted by molar-refractivity contribution is -0.121. The number of nitrogens with one attached hydrogen (secondary N) is 1. The molecule has 5 heteroatoms. The molecule has 0 aliphatic heterocycles. The Balaban J connectivity index is 1.88. The summed E-state index contributed by atoms with van der Waals surface area (Å²) < 4.78 is 12.6. The largest absolute Gasteiger partial charge is 0.493 e. The van der Waals surface area contributed by atoms with Gasteiger partial charge in [0.25, 0.3) is 0 Å². The first-order chi connectivity index (χ1) is 11.5. The maximum Gasteiger partial charge on any atom is 0.220 e. The molecule has 1 N–H and O–H groups in total. The number of nitrogens with zero attached hydrogens (tertiary/aromatic N) is 1. The third kappa shape index (κ3) is 4.10. The number of amides is 1. The fourth-order valence-electron chi connectivity index (χ4n) is 2.69. The zero-order chi connectivity index (χ0) is 17.7. The van der Waals surface area contributed by atoms with Crippen LogP contribution in [0.1, 0.15) is 28.9 Å². The molecule has 0 aliphatic carbocycles. The lowest BCUT2D eigenvalue weighted by atomic mass is 10.1. The van der Waals surface area contributed by atoms with E-state index in [1.165, 1.54) is 11.4 Å². The summed E-state index contributed by atoms with van der Waals surface area (Å²) in [5.41, 5.74) is 4.60. The Morgan fingerprint density at radius 2 is 1.83 bits per heavy atom. The van der Waals surface area contributed by atoms with Crippen LogP contribution in [0.5, 0.6) is 11.5 Å². The van der Waals surface area contributed by atoms with Crippen LogP contribution in [0.25, 0.3) is 0 Å². The van der Waals surface area contributed by atoms with Crippen LogP contribution in [-0.2, 0) is 24.8 Å². The molecule has 0 saturated heterocycles. The summed E-state index contributed by atoms with van der Waals surface area (Å²) >= 11 is 0. The van der Waals surface area contributed by atoms with E-state index in [9.17, 15) is 4.79 Å². The normalized spacial score (nSPS) is 10.5. The predicted molar refractivity (Wildman–Crippen MR) is 94.6 cm³/mol. The fourth-order valence-corrected chi connectivity index (χ4v) is 2.69. The van der Waals surface area contributed by atoms with E-state index in [4.69, 9.17) is 9.47 Å². The summed E-state index contributed by atoms with van der Waals surface area (Å²) in [6.07, 6.45) is 1.11. The molecule has 0 unspecified atom stereocenters. The molecule has 5 nitrogen and oxygen atoms in total. The Bertz CT molecular complexity index is 720. The molecule has 0 radical (unpaired) electrons. The summed E-state index contributed by atoms with van der Waals surface area (Å²) in [7, 11) is 5.25. The van der Waals surface area contributed by atoms with Crippen LogP contribution in [0, 0.1) is 13.8 Å². The van der Waals surface area contributed by atoms with Crippen molar-refractivity contribution in [2.24, 2.45) is 7.05 Å². The molecule has 1 amide bonds. The molecule has 0 bridgehead atoms. The SMILES string of the molecule is COc1ccc(CCC(=O)NCc2cc(C)n(C)c2C)cc1OC. The van der Waals surface area contributed by atoms with E-state index in [0.717, 1.165) is 11.1 Å². The van der Waals surface area contributed by atoms with Crippen LogP contribution in [0.3, 0.4) is 0 Å². The van der Waals surface area contributed by atoms with Crippen molar-refractivity contribution in [3.63, 3.8) is 0 Å². The van der Waals surface area contributed by atoms with Gasteiger partial charge >= 0.3 is 0 Å². The molecular weight excluding hydrogens is 304 g/mol. The monoisotopic (exact) mass is 330 g/mol. The molecule has 1 aromatic heterocycles. The average molecular weight is 330 g/mol. The molecule has 2 rings (SSSR count). The molecule has 0 spiro atoms. The van der Waals surface area contributed by atoms with Gasteiger partial charge in [-0.3, -0.25) is 4.79 Å². The van der Waals surface area contributed by atoms with Gasteiger partial charge in [0, 0.05) is 31.4 Å². The molecule has 0 aliphatic rings. The second-order valence-corrected chi connectivity index (χ2v) is 5.92. The van der Waals surface area contributed by atoms with Gasteiger partial charge in [0.05, 0.1) is 14.2 Å². The van der Waals surface area contributed by atoms with Crippen molar-refractivity contribution in [1.29, 1.82) is 0 Å². The smallest absolute Gasteiger partial charge is 0.220 e. The molecule has 2 aromatic rings. The van der Waals surface area contributed by atoms with E-state index in [1.807, 2.05) is 25.2 Å². The van der Waals surface area contributed by atoms with E-state index in [2.05, 4.69) is 29.8 Å². The summed E-state index contributed by atoms with van der Waals surface area (Å²) in [5, 5.41) is 2.99.